The molecule has 0 saturated carbocycles. The van der Waals surface area contributed by atoms with Crippen molar-refractivity contribution in [2.45, 2.75) is 62.8 Å². The topological polar surface area (TPSA) is 83.3 Å². The number of aryl methyl sites for hydroxylation is 1. The van der Waals surface area contributed by atoms with E-state index < -0.39 is 18.3 Å². The van der Waals surface area contributed by atoms with Gasteiger partial charge in [-0.25, -0.2) is 0 Å². The molecule has 0 aromatic heterocycles. The highest BCUT2D eigenvalue weighted by atomic mass is 32.2. The van der Waals surface area contributed by atoms with Crippen LogP contribution in [0.5, 0.6) is 0 Å². The highest BCUT2D eigenvalue weighted by Gasteiger charge is 2.50. The van der Waals surface area contributed by atoms with E-state index in [1.807, 2.05) is 6.92 Å². The second kappa shape index (κ2) is 8.05. The van der Waals surface area contributed by atoms with Crippen molar-refractivity contribution in [3.05, 3.63) is 35.4 Å². The first-order valence-corrected chi connectivity index (χ1v) is 9.52. The van der Waals surface area contributed by atoms with E-state index in [1.165, 1.54) is 17.3 Å². The van der Waals surface area contributed by atoms with Gasteiger partial charge in [0.25, 0.3) is 0 Å². The Hall–Kier alpha value is -1.12. The van der Waals surface area contributed by atoms with Crippen molar-refractivity contribution >= 4 is 16.9 Å². The molecule has 1 aromatic rings. The lowest BCUT2D eigenvalue weighted by Crippen LogP contribution is -2.61. The van der Waals surface area contributed by atoms with Crippen molar-refractivity contribution in [1.82, 2.24) is 5.32 Å². The zero-order valence-electron chi connectivity index (χ0n) is 14.8. The third-order valence-corrected chi connectivity index (χ3v) is 5.93. The number of fused-ring (bicyclic) bond motifs is 1. The van der Waals surface area contributed by atoms with Crippen molar-refractivity contribution in [2.75, 3.05) is 7.05 Å². The summed E-state index contributed by atoms with van der Waals surface area (Å²) in [6.07, 6.45) is -1.86. The average molecular weight is 366 g/mol. The molecule has 0 amide bonds. The molecule has 6 atom stereocenters. The molecule has 6 nitrogen and oxygen atoms in total. The van der Waals surface area contributed by atoms with Gasteiger partial charge in [-0.15, -0.1) is 0 Å². The fourth-order valence-electron chi connectivity index (χ4n) is 3.13. The molecular weight excluding hydrogens is 340 g/mol. The van der Waals surface area contributed by atoms with Gasteiger partial charge in [0.1, 0.15) is 23.7 Å². The lowest BCUT2D eigenvalue weighted by molar-refractivity contribution is -0.195. The van der Waals surface area contributed by atoms with E-state index >= 15 is 0 Å². The average Bonchev–Trinajstić information content (AvgIpc) is 3.06. The number of amidine groups is 1. The Morgan fingerprint density at radius 1 is 1.24 bits per heavy atom. The minimum Gasteiger partial charge on any atom is -0.388 e. The highest BCUT2D eigenvalue weighted by Crippen LogP contribution is 2.35. The summed E-state index contributed by atoms with van der Waals surface area (Å²) in [5.74, 6) is 0. The Kier molecular flexibility index (Phi) is 6.01. The van der Waals surface area contributed by atoms with Crippen molar-refractivity contribution in [1.29, 1.82) is 0 Å². The quantitative estimate of drug-likeness (QED) is 0.728. The Balaban J connectivity index is 1.60. The zero-order chi connectivity index (χ0) is 18.0. The normalized spacial score (nSPS) is 34.6. The summed E-state index contributed by atoms with van der Waals surface area (Å²) in [6, 6.07) is 7.93. The molecule has 2 aliphatic heterocycles. The minimum absolute atomic E-state index is 0.281. The smallest absolute Gasteiger partial charge is 0.159 e. The number of hydrogen-bond acceptors (Lipinski definition) is 6. The van der Waals surface area contributed by atoms with Crippen LogP contribution in [0.25, 0.3) is 0 Å². The van der Waals surface area contributed by atoms with Gasteiger partial charge in [0.15, 0.2) is 5.17 Å². The predicted molar refractivity (Wildman–Crippen MR) is 98.6 cm³/mol. The number of thioether (sulfide) groups is 1. The van der Waals surface area contributed by atoms with Crippen molar-refractivity contribution in [3.63, 3.8) is 0 Å². The highest BCUT2D eigenvalue weighted by molar-refractivity contribution is 8.14. The molecule has 3 rings (SSSR count). The lowest BCUT2D eigenvalue weighted by Gasteiger charge is -2.41. The van der Waals surface area contributed by atoms with Gasteiger partial charge in [-0.05, 0) is 24.5 Å². The van der Waals surface area contributed by atoms with Crippen molar-refractivity contribution < 1.29 is 19.7 Å². The summed E-state index contributed by atoms with van der Waals surface area (Å²) in [5, 5.41) is 24.6. The molecule has 2 heterocycles. The Labute approximate surface area is 152 Å². The number of nitrogens with one attached hydrogen (secondary N) is 1. The largest absolute Gasteiger partial charge is 0.388 e. The lowest BCUT2D eigenvalue weighted by atomic mass is 9.95. The maximum atomic E-state index is 10.4. The summed E-state index contributed by atoms with van der Waals surface area (Å²) in [4.78, 5) is 4.10. The van der Waals surface area contributed by atoms with Crippen LogP contribution in [0.1, 0.15) is 25.0 Å². The summed E-state index contributed by atoms with van der Waals surface area (Å²) in [5.41, 5.74) is 2.08. The number of rotatable bonds is 5. The van der Waals surface area contributed by atoms with Gasteiger partial charge in [0, 0.05) is 7.05 Å². The Morgan fingerprint density at radius 3 is 2.56 bits per heavy atom. The summed E-state index contributed by atoms with van der Waals surface area (Å²) in [6.45, 7) is 4.43. The first-order chi connectivity index (χ1) is 12.0. The third-order valence-electron chi connectivity index (χ3n) is 4.77. The number of aliphatic imine (C=N–C) groups is 1. The fraction of sp³-hybridized carbons (Fsp3) is 0.611. The van der Waals surface area contributed by atoms with Gasteiger partial charge >= 0.3 is 0 Å². The van der Waals surface area contributed by atoms with E-state index in [0.717, 1.165) is 12.0 Å². The van der Waals surface area contributed by atoms with E-state index in [9.17, 15) is 10.2 Å². The van der Waals surface area contributed by atoms with Crippen LogP contribution >= 0.6 is 11.8 Å². The standard InChI is InChI=1S/C18H26N2O4S/c1-4-11-5-7-12(8-6-11)9-23-10(2)16-15(22)14(21)13-17(24-16)25-18(19-3)20-13/h5-8,10,13-17,21-22H,4,9H2,1-3H3,(H,19,20)/t10-,13+,14+,15-,16+,17+/m0/s1. The van der Waals surface area contributed by atoms with Crippen LogP contribution in [0, 0.1) is 0 Å². The minimum atomic E-state index is -1.01. The molecule has 3 N–H and O–H groups in total. The van der Waals surface area contributed by atoms with Crippen LogP contribution < -0.4 is 5.32 Å². The molecule has 0 bridgehead atoms. The van der Waals surface area contributed by atoms with Crippen LogP contribution in [0.3, 0.4) is 0 Å². The van der Waals surface area contributed by atoms with Crippen LogP contribution in [-0.2, 0) is 22.5 Å². The molecule has 0 radical (unpaired) electrons. The summed E-state index contributed by atoms with van der Waals surface area (Å²) < 4.78 is 11.9. The van der Waals surface area contributed by atoms with Gasteiger partial charge in [-0.1, -0.05) is 43.0 Å². The molecule has 2 saturated heterocycles. The first-order valence-electron chi connectivity index (χ1n) is 8.64. The Bertz CT molecular complexity index is 610. The molecule has 25 heavy (non-hydrogen) atoms. The van der Waals surface area contributed by atoms with Crippen LogP contribution in [0.15, 0.2) is 29.3 Å². The SMILES string of the molecule is CCc1ccc(CO[C@@H](C)[C@H]2O[C@@H]3SC(=NC)N[C@@H]3[C@@H](O)[C@@H]2O)cc1. The number of benzene rings is 1. The Morgan fingerprint density at radius 2 is 1.92 bits per heavy atom. The molecule has 0 aliphatic carbocycles. The summed E-state index contributed by atoms with van der Waals surface area (Å²) in [7, 11) is 1.68. The molecule has 138 valence electrons. The molecule has 7 heteroatoms. The molecular formula is C18H26N2O4S. The molecule has 2 fully saturated rings. The predicted octanol–water partition coefficient (Wildman–Crippen LogP) is 1.29. The van der Waals surface area contributed by atoms with E-state index in [4.69, 9.17) is 9.47 Å². The van der Waals surface area contributed by atoms with E-state index in [1.54, 1.807) is 7.05 Å². The van der Waals surface area contributed by atoms with E-state index in [-0.39, 0.29) is 17.6 Å². The second-order valence-electron chi connectivity index (χ2n) is 6.45. The van der Waals surface area contributed by atoms with Crippen LogP contribution in [-0.4, -0.2) is 58.3 Å². The molecule has 0 spiro atoms. The fourth-order valence-corrected chi connectivity index (χ4v) is 4.22. The molecule has 2 aliphatic rings. The van der Waals surface area contributed by atoms with Gasteiger partial charge in [0.2, 0.25) is 0 Å². The van der Waals surface area contributed by atoms with Crippen molar-refractivity contribution in [2.24, 2.45) is 4.99 Å². The third kappa shape index (κ3) is 4.01. The van der Waals surface area contributed by atoms with E-state index in [2.05, 4.69) is 41.5 Å². The second-order valence-corrected chi connectivity index (χ2v) is 7.54. The maximum Gasteiger partial charge on any atom is 0.159 e. The van der Waals surface area contributed by atoms with Crippen LogP contribution in [0.2, 0.25) is 0 Å². The first kappa shape index (κ1) is 18.7. The number of aliphatic hydroxyl groups is 2. The maximum absolute atomic E-state index is 10.4. The van der Waals surface area contributed by atoms with Gasteiger partial charge in [0.05, 0.1) is 18.8 Å². The molecule has 1 aromatic carbocycles. The zero-order valence-corrected chi connectivity index (χ0v) is 15.6. The van der Waals surface area contributed by atoms with Gasteiger partial charge < -0.3 is 25.0 Å². The van der Waals surface area contributed by atoms with Gasteiger partial charge in [-0.2, -0.15) is 0 Å². The monoisotopic (exact) mass is 366 g/mol. The van der Waals surface area contributed by atoms with Crippen LogP contribution in [0.4, 0.5) is 0 Å². The van der Waals surface area contributed by atoms with E-state index in [0.29, 0.717) is 11.8 Å². The number of nitrogens with zero attached hydrogens (tertiary/aromatic N) is 1. The molecule has 0 unspecified atom stereocenters. The summed E-state index contributed by atoms with van der Waals surface area (Å²) >= 11 is 1.43. The van der Waals surface area contributed by atoms with Crippen molar-refractivity contribution in [3.8, 4) is 0 Å². The number of aliphatic hydroxyl groups excluding tert-OH is 2. The van der Waals surface area contributed by atoms with Gasteiger partial charge in [-0.3, -0.25) is 4.99 Å². The number of ether oxygens (including phenoxy) is 2. The number of hydrogen-bond donors (Lipinski definition) is 3.